The lowest BCUT2D eigenvalue weighted by Gasteiger charge is -2.41. The maximum atomic E-state index is 12.3. The van der Waals surface area contributed by atoms with Gasteiger partial charge in [-0.15, -0.1) is 0 Å². The monoisotopic (exact) mass is 393 g/mol. The number of carbonyl (C=O) groups excluding carboxylic acids is 1. The molecule has 0 aromatic heterocycles. The first-order valence-electron chi connectivity index (χ1n) is 10.6. The van der Waals surface area contributed by atoms with Gasteiger partial charge in [-0.25, -0.2) is 0 Å². The summed E-state index contributed by atoms with van der Waals surface area (Å²) < 4.78 is 5.48. The molecule has 1 saturated heterocycles. The van der Waals surface area contributed by atoms with Gasteiger partial charge in [0.05, 0.1) is 12.7 Å². The van der Waals surface area contributed by atoms with Crippen molar-refractivity contribution in [3.63, 3.8) is 0 Å². The largest absolute Gasteiger partial charge is 0.496 e. The molecule has 0 bridgehead atoms. The minimum atomic E-state index is -0.0912. The van der Waals surface area contributed by atoms with E-state index in [1.54, 1.807) is 7.11 Å². The minimum absolute atomic E-state index is 0.0912. The summed E-state index contributed by atoms with van der Waals surface area (Å²) in [4.78, 5) is 14.7. The van der Waals surface area contributed by atoms with Crippen molar-refractivity contribution in [3.8, 4) is 5.75 Å². The van der Waals surface area contributed by atoms with E-state index in [4.69, 9.17) is 4.74 Å². The van der Waals surface area contributed by atoms with Crippen molar-refractivity contribution in [3.05, 3.63) is 59.7 Å². The molecule has 2 aliphatic rings. The molecule has 0 spiro atoms. The minimum Gasteiger partial charge on any atom is -0.496 e. The molecule has 0 unspecified atom stereocenters. The maximum Gasteiger partial charge on any atom is 0.255 e. The van der Waals surface area contributed by atoms with Crippen molar-refractivity contribution >= 4 is 11.6 Å². The van der Waals surface area contributed by atoms with Gasteiger partial charge in [-0.3, -0.25) is 4.79 Å². The second-order valence-corrected chi connectivity index (χ2v) is 8.55. The fourth-order valence-electron chi connectivity index (χ4n) is 4.12. The van der Waals surface area contributed by atoms with Gasteiger partial charge in [0.15, 0.2) is 0 Å². The molecular weight excluding hydrogens is 362 g/mol. The molecule has 1 aliphatic heterocycles. The van der Waals surface area contributed by atoms with Crippen LogP contribution in [-0.2, 0) is 0 Å². The summed E-state index contributed by atoms with van der Waals surface area (Å²) in [6.07, 6.45) is 1.25. The Morgan fingerprint density at radius 2 is 1.93 bits per heavy atom. The highest BCUT2D eigenvalue weighted by Crippen LogP contribution is 2.41. The molecule has 5 heteroatoms. The second-order valence-electron chi connectivity index (χ2n) is 8.55. The lowest BCUT2D eigenvalue weighted by molar-refractivity contribution is 0.0940. The summed E-state index contributed by atoms with van der Waals surface area (Å²) >= 11 is 0. The summed E-state index contributed by atoms with van der Waals surface area (Å²) in [5.41, 5.74) is 3.16. The van der Waals surface area contributed by atoms with Gasteiger partial charge in [-0.2, -0.15) is 0 Å². The van der Waals surface area contributed by atoms with E-state index in [2.05, 4.69) is 45.9 Å². The summed E-state index contributed by atoms with van der Waals surface area (Å²) in [5.74, 6) is 1.89. The van der Waals surface area contributed by atoms with E-state index < -0.39 is 0 Å². The Morgan fingerprint density at radius 1 is 1.17 bits per heavy atom. The Balaban J connectivity index is 1.26. The van der Waals surface area contributed by atoms with E-state index in [1.807, 2.05) is 32.0 Å². The van der Waals surface area contributed by atoms with Crippen LogP contribution < -0.4 is 20.3 Å². The van der Waals surface area contributed by atoms with Crippen LogP contribution in [0.2, 0.25) is 0 Å². The van der Waals surface area contributed by atoms with Gasteiger partial charge in [0.2, 0.25) is 0 Å². The maximum absolute atomic E-state index is 12.3. The summed E-state index contributed by atoms with van der Waals surface area (Å²) in [5, 5.41) is 6.66. The number of amides is 1. The number of nitrogens with one attached hydrogen (secondary N) is 2. The number of benzene rings is 2. The molecule has 5 nitrogen and oxygen atoms in total. The first-order valence-corrected chi connectivity index (χ1v) is 10.6. The zero-order chi connectivity index (χ0) is 20.4. The van der Waals surface area contributed by atoms with Gasteiger partial charge in [0.1, 0.15) is 5.75 Å². The Bertz CT molecular complexity index is 846. The van der Waals surface area contributed by atoms with E-state index in [0.717, 1.165) is 25.3 Å². The number of nitrogens with zero attached hydrogens (tertiary/aromatic N) is 1. The smallest absolute Gasteiger partial charge is 0.255 e. The molecule has 29 heavy (non-hydrogen) atoms. The number of hydrogen-bond acceptors (Lipinski definition) is 4. The molecule has 4 rings (SSSR count). The number of carbonyl (C=O) groups is 1. The molecule has 1 aliphatic carbocycles. The number of methoxy groups -OCH3 is 1. The third-order valence-corrected chi connectivity index (χ3v) is 5.86. The van der Waals surface area contributed by atoms with Crippen LogP contribution in [0, 0.1) is 5.92 Å². The number of anilines is 1. The van der Waals surface area contributed by atoms with Crippen LogP contribution in [0.1, 0.15) is 42.1 Å². The van der Waals surface area contributed by atoms with Crippen molar-refractivity contribution < 1.29 is 9.53 Å². The van der Waals surface area contributed by atoms with Crippen LogP contribution in [0.5, 0.6) is 5.75 Å². The Kier molecular flexibility index (Phi) is 5.76. The van der Waals surface area contributed by atoms with Gasteiger partial charge in [0, 0.05) is 55.3 Å². The van der Waals surface area contributed by atoms with Crippen LogP contribution in [0.3, 0.4) is 0 Å². The molecule has 1 heterocycles. The Morgan fingerprint density at radius 3 is 2.62 bits per heavy atom. The second kappa shape index (κ2) is 8.46. The van der Waals surface area contributed by atoms with Crippen molar-refractivity contribution in [2.24, 2.45) is 5.92 Å². The van der Waals surface area contributed by atoms with Crippen molar-refractivity contribution in [1.82, 2.24) is 10.6 Å². The van der Waals surface area contributed by atoms with E-state index in [0.29, 0.717) is 29.2 Å². The third-order valence-electron chi connectivity index (χ3n) is 5.86. The topological polar surface area (TPSA) is 53.6 Å². The molecule has 2 aromatic carbocycles. The fourth-order valence-corrected chi connectivity index (χ4v) is 4.12. The van der Waals surface area contributed by atoms with Crippen molar-refractivity contribution in [1.29, 1.82) is 0 Å². The van der Waals surface area contributed by atoms with Crippen LogP contribution in [0.4, 0.5) is 5.69 Å². The lowest BCUT2D eigenvalue weighted by atomic mass is 9.98. The van der Waals surface area contributed by atoms with Crippen LogP contribution >= 0.6 is 0 Å². The molecular formula is C24H31N3O2. The summed E-state index contributed by atoms with van der Waals surface area (Å²) in [6.45, 7) is 7.05. The molecule has 2 atom stereocenters. The average Bonchev–Trinajstić information content (AvgIpc) is 3.46. The molecule has 154 valence electrons. The third kappa shape index (κ3) is 4.56. The highest BCUT2D eigenvalue weighted by Gasteiger charge is 2.39. The number of hydrogen-bond donors (Lipinski definition) is 2. The zero-order valence-electron chi connectivity index (χ0n) is 17.5. The average molecular weight is 394 g/mol. The molecule has 2 N–H and O–H groups in total. The van der Waals surface area contributed by atoms with Crippen LogP contribution in [0.15, 0.2) is 48.5 Å². The Hall–Kier alpha value is -2.53. The zero-order valence-corrected chi connectivity index (χ0v) is 17.5. The number of ether oxygens (including phenoxy) is 1. The molecule has 0 radical (unpaired) electrons. The molecule has 2 fully saturated rings. The van der Waals surface area contributed by atoms with Crippen LogP contribution in [0.25, 0.3) is 0 Å². The normalized spacial score (nSPS) is 21.0. The predicted octanol–water partition coefficient (Wildman–Crippen LogP) is 3.42. The van der Waals surface area contributed by atoms with Gasteiger partial charge in [0.25, 0.3) is 5.91 Å². The number of rotatable bonds is 8. The first-order chi connectivity index (χ1) is 14.0. The lowest BCUT2D eigenvalue weighted by Crippen LogP contribution is -2.51. The summed E-state index contributed by atoms with van der Waals surface area (Å²) in [6, 6.07) is 17.4. The van der Waals surface area contributed by atoms with E-state index in [-0.39, 0.29) is 11.9 Å². The van der Waals surface area contributed by atoms with Gasteiger partial charge < -0.3 is 20.3 Å². The molecule has 1 saturated carbocycles. The SMILES string of the molecule is COc1cc(N2CC(CN[C@@H]3C[C@H]3c3ccccc3)C2)ccc1C(=O)NC(C)C. The highest BCUT2D eigenvalue weighted by molar-refractivity contribution is 5.97. The van der Waals surface area contributed by atoms with Gasteiger partial charge in [-0.1, -0.05) is 30.3 Å². The molecule has 2 aromatic rings. The van der Waals surface area contributed by atoms with Gasteiger partial charge >= 0.3 is 0 Å². The van der Waals surface area contributed by atoms with Crippen LogP contribution in [-0.4, -0.2) is 44.7 Å². The quantitative estimate of drug-likeness (QED) is 0.722. The van der Waals surface area contributed by atoms with Gasteiger partial charge in [-0.05, 0) is 38.0 Å². The first kappa shape index (κ1) is 19.8. The van der Waals surface area contributed by atoms with Crippen molar-refractivity contribution in [2.75, 3.05) is 31.6 Å². The van der Waals surface area contributed by atoms with Crippen molar-refractivity contribution in [2.45, 2.75) is 38.3 Å². The summed E-state index contributed by atoms with van der Waals surface area (Å²) in [7, 11) is 1.62. The predicted molar refractivity (Wildman–Crippen MR) is 117 cm³/mol. The van der Waals surface area contributed by atoms with E-state index >= 15 is 0 Å². The standard InChI is InChI=1S/C24H31N3O2/c1-16(2)26-24(28)20-10-9-19(11-23(20)29-3)27-14-17(15-27)13-25-22-12-21(22)18-7-5-4-6-8-18/h4-11,16-17,21-22,25H,12-15H2,1-3H3,(H,26,28)/t21-,22+/m0/s1. The fraction of sp³-hybridized carbons (Fsp3) is 0.458. The van der Waals surface area contributed by atoms with E-state index in [9.17, 15) is 4.79 Å². The molecule has 1 amide bonds. The van der Waals surface area contributed by atoms with E-state index in [1.165, 1.54) is 12.0 Å². The highest BCUT2D eigenvalue weighted by atomic mass is 16.5. The Labute approximate surface area is 173 Å².